The quantitative estimate of drug-likeness (QED) is 0.429. The highest BCUT2D eigenvalue weighted by molar-refractivity contribution is 9.10. The minimum Gasteiger partial charge on any atom is -0.481 e. The number of carbonyl (C=O) groups excluding carboxylic acids is 1. The number of carboxylic acid groups (broad SMARTS) is 1. The molecule has 9 rings (SSSR count). The van der Waals surface area contributed by atoms with E-state index in [1.54, 1.807) is 6.20 Å². The fourth-order valence-corrected chi connectivity index (χ4v) is 10.2. The SMILES string of the molecule is COC(=O)C1=C(C23C4C5C2C2C3C4C52C(=O)O)NC(c2nccs2)=NC1c1ccc(F)c(F)c1Br. The molecule has 6 saturated carbocycles. The van der Waals surface area contributed by atoms with Crippen LogP contribution in [0.3, 0.4) is 0 Å². The summed E-state index contributed by atoms with van der Waals surface area (Å²) >= 11 is 4.54. The number of benzene rings is 1. The van der Waals surface area contributed by atoms with Crippen LogP contribution < -0.4 is 5.32 Å². The molecule has 6 aliphatic carbocycles. The average molecular weight is 560 g/mol. The Morgan fingerprint density at radius 3 is 2.43 bits per heavy atom. The number of rotatable bonds is 5. The highest BCUT2D eigenvalue weighted by Crippen LogP contribution is 3.11. The lowest BCUT2D eigenvalue weighted by Crippen LogP contribution is -3.11. The van der Waals surface area contributed by atoms with Gasteiger partial charge in [0.25, 0.3) is 0 Å². The van der Waals surface area contributed by atoms with Crippen molar-refractivity contribution in [2.24, 2.45) is 51.3 Å². The summed E-state index contributed by atoms with van der Waals surface area (Å²) in [7, 11) is 1.28. The van der Waals surface area contributed by atoms with E-state index < -0.39 is 35.0 Å². The normalized spacial score (nSPS) is 42.3. The van der Waals surface area contributed by atoms with Gasteiger partial charge in [-0.1, -0.05) is 6.07 Å². The number of aliphatic imine (C=N–C) groups is 1. The van der Waals surface area contributed by atoms with Gasteiger partial charge < -0.3 is 15.2 Å². The number of nitrogens with zero attached hydrogens (tertiary/aromatic N) is 2. The Balaban J connectivity index is 1.31. The Morgan fingerprint density at radius 2 is 1.86 bits per heavy atom. The average Bonchev–Trinajstić information content (AvgIpc) is 3.41. The van der Waals surface area contributed by atoms with Crippen LogP contribution in [-0.2, 0) is 14.3 Å². The van der Waals surface area contributed by atoms with Gasteiger partial charge in [0.15, 0.2) is 22.5 Å². The Bertz CT molecular complexity index is 1420. The van der Waals surface area contributed by atoms with E-state index in [1.165, 1.54) is 24.5 Å². The Kier molecular flexibility index (Phi) is 3.52. The molecule has 178 valence electrons. The van der Waals surface area contributed by atoms with Gasteiger partial charge in [-0.3, -0.25) is 9.79 Å². The summed E-state index contributed by atoms with van der Waals surface area (Å²) in [5.74, 6) is -1.89. The number of carbonyl (C=O) groups is 2. The predicted octanol–water partition coefficient (Wildman–Crippen LogP) is 3.52. The molecule has 1 aromatic carbocycles. The molecule has 1 unspecified atom stereocenters. The van der Waals surface area contributed by atoms with Gasteiger partial charge in [-0.2, -0.15) is 0 Å². The molecule has 6 fully saturated rings. The molecular weight excluding hydrogens is 544 g/mol. The first kappa shape index (κ1) is 20.5. The number of ether oxygens (including phenoxy) is 1. The van der Waals surface area contributed by atoms with Crippen molar-refractivity contribution in [2.75, 3.05) is 7.11 Å². The molecule has 0 saturated heterocycles. The van der Waals surface area contributed by atoms with Gasteiger partial charge >= 0.3 is 11.9 Å². The monoisotopic (exact) mass is 559 g/mol. The molecule has 1 aromatic heterocycles. The molecule has 2 aromatic rings. The van der Waals surface area contributed by atoms with Gasteiger partial charge in [0.1, 0.15) is 6.04 Å². The smallest absolute Gasteiger partial charge is 0.338 e. The number of thiazole rings is 1. The first-order valence-electron chi connectivity index (χ1n) is 11.3. The standard InChI is InChI=1S/C24H16BrF2N3O4S/c1-34-21(31)8-17(6-2-3-7(26)16(27)15(6)25)29-19(20-28-4-5-35-20)30-18(8)23-9-12-10(23)14-11(23)13(9)24(12,14)22(32)33/h2-5,9-14,17H,1H3,(H,29,30)(H,32,33). The van der Waals surface area contributed by atoms with Crippen LogP contribution in [0.2, 0.25) is 0 Å². The van der Waals surface area contributed by atoms with Crippen molar-refractivity contribution in [2.45, 2.75) is 6.04 Å². The molecule has 1 atom stereocenters. The largest absolute Gasteiger partial charge is 0.481 e. The first-order chi connectivity index (χ1) is 16.8. The highest BCUT2D eigenvalue weighted by Gasteiger charge is 3.12. The van der Waals surface area contributed by atoms with E-state index in [0.29, 0.717) is 22.1 Å². The number of esters is 1. The van der Waals surface area contributed by atoms with Crippen molar-refractivity contribution < 1.29 is 28.2 Å². The van der Waals surface area contributed by atoms with Crippen LogP contribution in [-0.4, -0.2) is 35.0 Å². The first-order valence-corrected chi connectivity index (χ1v) is 12.9. The van der Waals surface area contributed by atoms with Crippen molar-refractivity contribution >= 4 is 45.0 Å². The minimum absolute atomic E-state index is 0.105. The van der Waals surface area contributed by atoms with Crippen LogP contribution in [0.5, 0.6) is 0 Å². The minimum atomic E-state index is -1.06. The summed E-state index contributed by atoms with van der Waals surface area (Å²) in [6, 6.07) is 1.49. The third-order valence-electron chi connectivity index (χ3n) is 9.88. The Morgan fingerprint density at radius 1 is 1.17 bits per heavy atom. The molecule has 0 amide bonds. The van der Waals surface area contributed by atoms with Crippen LogP contribution in [0.15, 0.2) is 44.4 Å². The lowest BCUT2D eigenvalue weighted by atomic mass is 8.92. The third kappa shape index (κ3) is 1.77. The van der Waals surface area contributed by atoms with E-state index >= 15 is 0 Å². The maximum absolute atomic E-state index is 14.6. The summed E-state index contributed by atoms with van der Waals surface area (Å²) < 4.78 is 33.6. The fraction of sp³-hybridized carbons (Fsp3) is 0.417. The Labute approximate surface area is 209 Å². The number of methoxy groups -OCH3 is 1. The molecule has 0 spiro atoms. The third-order valence-corrected chi connectivity index (χ3v) is 11.5. The lowest BCUT2D eigenvalue weighted by Gasteiger charge is -3.10. The molecule has 35 heavy (non-hydrogen) atoms. The van der Waals surface area contributed by atoms with Crippen LogP contribution >= 0.6 is 27.3 Å². The fourth-order valence-electron chi connectivity index (χ4n) is 9.10. The summed E-state index contributed by atoms with van der Waals surface area (Å²) in [5, 5.41) is 15.7. The Hall–Kier alpha value is -2.66. The molecule has 0 bridgehead atoms. The summed E-state index contributed by atoms with van der Waals surface area (Å²) in [6.45, 7) is 0. The molecule has 2 heterocycles. The van der Waals surface area contributed by atoms with Gasteiger partial charge in [-0.15, -0.1) is 11.3 Å². The van der Waals surface area contributed by atoms with Gasteiger partial charge in [0.2, 0.25) is 0 Å². The van der Waals surface area contributed by atoms with Crippen molar-refractivity contribution in [3.8, 4) is 0 Å². The molecule has 0 radical (unpaired) electrons. The topological polar surface area (TPSA) is 101 Å². The molecule has 7 aliphatic rings. The number of nitrogens with one attached hydrogen (secondary N) is 1. The second kappa shape index (κ2) is 6.00. The lowest BCUT2D eigenvalue weighted by molar-refractivity contribution is -0.633. The van der Waals surface area contributed by atoms with Gasteiger partial charge in [0.05, 0.1) is 22.6 Å². The maximum Gasteiger partial charge on any atom is 0.338 e. The van der Waals surface area contributed by atoms with Crippen molar-refractivity contribution in [1.82, 2.24) is 10.3 Å². The van der Waals surface area contributed by atoms with Crippen LogP contribution in [0, 0.1) is 58.0 Å². The van der Waals surface area contributed by atoms with E-state index in [9.17, 15) is 23.5 Å². The van der Waals surface area contributed by atoms with E-state index in [2.05, 4.69) is 26.2 Å². The maximum atomic E-state index is 14.6. The zero-order valence-corrected chi connectivity index (χ0v) is 20.4. The van der Waals surface area contributed by atoms with Crippen LogP contribution in [0.25, 0.3) is 0 Å². The van der Waals surface area contributed by atoms with E-state index in [0.717, 1.165) is 6.07 Å². The number of carboxylic acids is 1. The number of amidine groups is 1. The second-order valence-electron chi connectivity index (χ2n) is 10.2. The van der Waals surface area contributed by atoms with Gasteiger partial charge in [-0.05, 0) is 63.1 Å². The number of aliphatic carboxylic acids is 1. The van der Waals surface area contributed by atoms with Crippen molar-refractivity contribution in [1.29, 1.82) is 0 Å². The summed E-state index contributed by atoms with van der Waals surface area (Å²) in [4.78, 5) is 34.4. The molecule has 2 N–H and O–H groups in total. The summed E-state index contributed by atoms with van der Waals surface area (Å²) in [5.41, 5.74) is 0.379. The number of halogens is 3. The number of hydrogen-bond donors (Lipinski definition) is 2. The van der Waals surface area contributed by atoms with Crippen LogP contribution in [0.1, 0.15) is 16.6 Å². The zero-order chi connectivity index (χ0) is 24.2. The molecule has 1 aliphatic heterocycles. The molecule has 11 heteroatoms. The second-order valence-corrected chi connectivity index (χ2v) is 11.9. The van der Waals surface area contributed by atoms with Crippen molar-refractivity contribution in [3.63, 3.8) is 0 Å². The summed E-state index contributed by atoms with van der Waals surface area (Å²) in [6.07, 6.45) is 1.65. The van der Waals surface area contributed by atoms with Crippen LogP contribution in [0.4, 0.5) is 8.78 Å². The van der Waals surface area contributed by atoms with E-state index in [4.69, 9.17) is 9.73 Å². The molecule has 7 nitrogen and oxygen atoms in total. The van der Waals surface area contributed by atoms with E-state index in [-0.39, 0.29) is 51.0 Å². The number of allylic oxidation sites excluding steroid dienone is 1. The van der Waals surface area contributed by atoms with Gasteiger partial charge in [-0.25, -0.2) is 18.6 Å². The zero-order valence-electron chi connectivity index (χ0n) is 18.0. The van der Waals surface area contributed by atoms with Gasteiger partial charge in [0, 0.05) is 22.7 Å². The highest BCUT2D eigenvalue weighted by atomic mass is 79.9. The number of aromatic nitrogens is 1. The van der Waals surface area contributed by atoms with E-state index in [1.807, 2.05) is 5.38 Å². The predicted molar refractivity (Wildman–Crippen MR) is 121 cm³/mol. The molecular formula is C24H16BrF2N3O4S. The van der Waals surface area contributed by atoms with Crippen molar-refractivity contribution in [3.05, 3.63) is 61.7 Å². The number of hydrogen-bond acceptors (Lipinski definition) is 7.